The Labute approximate surface area is 84.0 Å². The van der Waals surface area contributed by atoms with Crippen molar-refractivity contribution in [1.29, 1.82) is 0 Å². The molecule has 0 amide bonds. The van der Waals surface area contributed by atoms with E-state index in [9.17, 15) is 0 Å². The molecule has 80 valence electrons. The Bertz CT molecular complexity index is 146. The van der Waals surface area contributed by atoms with E-state index in [4.69, 9.17) is 10.2 Å². The third kappa shape index (κ3) is 6.24. The molecule has 0 heterocycles. The quantitative estimate of drug-likeness (QED) is 0.674. The molecule has 0 saturated heterocycles. The standard InChI is InChI=1S/C10H25NOSi/c1-6-12-13(4,5)8-7-10(2,3)9-11/h6-9,11H2,1-5H3. The minimum absolute atomic E-state index is 0.279. The molecule has 0 atom stereocenters. The van der Waals surface area contributed by atoms with Gasteiger partial charge in [0, 0.05) is 6.61 Å². The fourth-order valence-electron chi connectivity index (χ4n) is 1.20. The van der Waals surface area contributed by atoms with Crippen LogP contribution in [0.15, 0.2) is 0 Å². The van der Waals surface area contributed by atoms with Crippen LogP contribution in [0.2, 0.25) is 19.1 Å². The zero-order chi connectivity index (χ0) is 10.5. The first-order valence-electron chi connectivity index (χ1n) is 5.17. The third-order valence-corrected chi connectivity index (χ3v) is 5.02. The molecule has 3 heteroatoms. The van der Waals surface area contributed by atoms with Crippen LogP contribution in [-0.2, 0) is 4.43 Å². The van der Waals surface area contributed by atoms with Crippen LogP contribution < -0.4 is 5.73 Å². The van der Waals surface area contributed by atoms with Crippen LogP contribution in [0, 0.1) is 5.41 Å². The summed E-state index contributed by atoms with van der Waals surface area (Å²) >= 11 is 0. The van der Waals surface area contributed by atoms with Crippen molar-refractivity contribution in [3.63, 3.8) is 0 Å². The van der Waals surface area contributed by atoms with E-state index in [-0.39, 0.29) is 5.41 Å². The first-order chi connectivity index (χ1) is 5.83. The van der Waals surface area contributed by atoms with Crippen molar-refractivity contribution in [3.8, 4) is 0 Å². The maximum absolute atomic E-state index is 5.77. The van der Waals surface area contributed by atoms with Gasteiger partial charge in [0.15, 0.2) is 8.32 Å². The Morgan fingerprint density at radius 1 is 1.31 bits per heavy atom. The summed E-state index contributed by atoms with van der Waals surface area (Å²) in [5.74, 6) is 0. The van der Waals surface area contributed by atoms with Crippen molar-refractivity contribution in [3.05, 3.63) is 0 Å². The van der Waals surface area contributed by atoms with Crippen molar-refractivity contribution >= 4 is 8.32 Å². The van der Waals surface area contributed by atoms with E-state index in [0.29, 0.717) is 0 Å². The van der Waals surface area contributed by atoms with Crippen LogP contribution in [0.5, 0.6) is 0 Å². The van der Waals surface area contributed by atoms with Gasteiger partial charge in [-0.2, -0.15) is 0 Å². The second-order valence-corrected chi connectivity index (χ2v) is 9.37. The molecule has 0 aliphatic rings. The molecule has 0 aromatic carbocycles. The summed E-state index contributed by atoms with van der Waals surface area (Å²) in [6.07, 6.45) is 1.18. The summed E-state index contributed by atoms with van der Waals surface area (Å²) in [4.78, 5) is 0. The summed E-state index contributed by atoms with van der Waals surface area (Å²) in [6, 6.07) is 1.21. The summed E-state index contributed by atoms with van der Waals surface area (Å²) < 4.78 is 5.77. The Morgan fingerprint density at radius 2 is 1.85 bits per heavy atom. The van der Waals surface area contributed by atoms with Crippen LogP contribution in [-0.4, -0.2) is 21.5 Å². The lowest BCUT2D eigenvalue weighted by molar-refractivity contribution is 0.310. The zero-order valence-electron chi connectivity index (χ0n) is 9.81. The number of hydrogen-bond acceptors (Lipinski definition) is 2. The molecule has 0 unspecified atom stereocenters. The Kier molecular flexibility index (Phi) is 5.18. The maximum Gasteiger partial charge on any atom is 0.186 e. The minimum atomic E-state index is -1.38. The molecule has 2 nitrogen and oxygen atoms in total. The van der Waals surface area contributed by atoms with E-state index in [1.54, 1.807) is 0 Å². The third-order valence-electron chi connectivity index (χ3n) is 2.49. The van der Waals surface area contributed by atoms with Gasteiger partial charge in [0.25, 0.3) is 0 Å². The largest absolute Gasteiger partial charge is 0.418 e. The van der Waals surface area contributed by atoms with Crippen molar-refractivity contribution in [2.45, 2.75) is 46.3 Å². The molecule has 2 N–H and O–H groups in total. The summed E-state index contributed by atoms with van der Waals surface area (Å²) in [5.41, 5.74) is 5.96. The van der Waals surface area contributed by atoms with Gasteiger partial charge in [-0.05, 0) is 44.4 Å². The molecule has 0 aliphatic carbocycles. The second-order valence-electron chi connectivity index (χ2n) is 5.06. The van der Waals surface area contributed by atoms with Crippen molar-refractivity contribution in [1.82, 2.24) is 0 Å². The van der Waals surface area contributed by atoms with E-state index in [1.807, 2.05) is 0 Å². The predicted molar refractivity (Wildman–Crippen MR) is 61.4 cm³/mol. The monoisotopic (exact) mass is 203 g/mol. The van der Waals surface area contributed by atoms with Gasteiger partial charge in [-0.25, -0.2) is 0 Å². The van der Waals surface area contributed by atoms with Crippen molar-refractivity contribution in [2.75, 3.05) is 13.2 Å². The van der Waals surface area contributed by atoms with E-state index >= 15 is 0 Å². The number of rotatable bonds is 6. The highest BCUT2D eigenvalue weighted by Crippen LogP contribution is 2.25. The summed E-state index contributed by atoms with van der Waals surface area (Å²) in [7, 11) is -1.38. The van der Waals surface area contributed by atoms with Gasteiger partial charge in [-0.3, -0.25) is 0 Å². The lowest BCUT2D eigenvalue weighted by Gasteiger charge is -2.28. The van der Waals surface area contributed by atoms with E-state index < -0.39 is 8.32 Å². The van der Waals surface area contributed by atoms with Crippen molar-refractivity contribution < 1.29 is 4.43 Å². The molecule has 13 heavy (non-hydrogen) atoms. The minimum Gasteiger partial charge on any atom is -0.418 e. The molecule has 0 aromatic heterocycles. The lowest BCUT2D eigenvalue weighted by Crippen LogP contribution is -2.33. The second kappa shape index (κ2) is 5.13. The van der Waals surface area contributed by atoms with Gasteiger partial charge < -0.3 is 10.2 Å². The normalized spacial score (nSPS) is 13.4. The van der Waals surface area contributed by atoms with Crippen LogP contribution in [0.25, 0.3) is 0 Å². The molecule has 0 rings (SSSR count). The highest BCUT2D eigenvalue weighted by molar-refractivity contribution is 6.71. The van der Waals surface area contributed by atoms with Crippen LogP contribution >= 0.6 is 0 Å². The van der Waals surface area contributed by atoms with E-state index in [2.05, 4.69) is 33.9 Å². The van der Waals surface area contributed by atoms with E-state index in [1.165, 1.54) is 12.5 Å². The maximum atomic E-state index is 5.77. The Morgan fingerprint density at radius 3 is 2.23 bits per heavy atom. The molecule has 0 radical (unpaired) electrons. The molecule has 0 bridgehead atoms. The van der Waals surface area contributed by atoms with Crippen LogP contribution in [0.1, 0.15) is 27.2 Å². The molecule has 0 saturated carbocycles. The highest BCUT2D eigenvalue weighted by atomic mass is 28.4. The van der Waals surface area contributed by atoms with E-state index in [0.717, 1.165) is 13.2 Å². The Balaban J connectivity index is 3.86. The first-order valence-corrected chi connectivity index (χ1v) is 8.28. The number of hydrogen-bond donors (Lipinski definition) is 1. The highest BCUT2D eigenvalue weighted by Gasteiger charge is 2.25. The molecular formula is C10H25NOSi. The van der Waals surface area contributed by atoms with Gasteiger partial charge in [0.2, 0.25) is 0 Å². The predicted octanol–water partition coefficient (Wildman–Crippen LogP) is 2.60. The topological polar surface area (TPSA) is 35.2 Å². The van der Waals surface area contributed by atoms with Gasteiger partial charge in [-0.15, -0.1) is 0 Å². The molecular weight excluding hydrogens is 178 g/mol. The van der Waals surface area contributed by atoms with Crippen LogP contribution in [0.4, 0.5) is 0 Å². The number of nitrogens with two attached hydrogens (primary N) is 1. The molecule has 0 spiro atoms. The smallest absolute Gasteiger partial charge is 0.186 e. The Hall–Kier alpha value is 0.137. The SMILES string of the molecule is CCO[Si](C)(C)CCC(C)(C)CN. The fourth-order valence-corrected chi connectivity index (χ4v) is 3.41. The fraction of sp³-hybridized carbons (Fsp3) is 1.00. The summed E-state index contributed by atoms with van der Waals surface area (Å²) in [5, 5.41) is 0. The van der Waals surface area contributed by atoms with Gasteiger partial charge in [0.1, 0.15) is 0 Å². The molecule has 0 aromatic rings. The molecule has 0 aliphatic heterocycles. The average molecular weight is 203 g/mol. The van der Waals surface area contributed by atoms with Gasteiger partial charge >= 0.3 is 0 Å². The van der Waals surface area contributed by atoms with Gasteiger partial charge in [-0.1, -0.05) is 13.8 Å². The van der Waals surface area contributed by atoms with Gasteiger partial charge in [0.05, 0.1) is 0 Å². The molecule has 0 fully saturated rings. The first kappa shape index (κ1) is 13.1. The zero-order valence-corrected chi connectivity index (χ0v) is 10.8. The van der Waals surface area contributed by atoms with Crippen molar-refractivity contribution in [2.24, 2.45) is 11.1 Å². The summed E-state index contributed by atoms with van der Waals surface area (Å²) in [6.45, 7) is 12.7. The lowest BCUT2D eigenvalue weighted by atomic mass is 9.91. The van der Waals surface area contributed by atoms with Crippen LogP contribution in [0.3, 0.4) is 0 Å². The average Bonchev–Trinajstić information content (AvgIpc) is 2.02.